The highest BCUT2D eigenvalue weighted by atomic mass is 35.5. The van der Waals surface area contributed by atoms with E-state index in [2.05, 4.69) is 0 Å². The molecule has 1 amide bonds. The van der Waals surface area contributed by atoms with Crippen molar-refractivity contribution in [2.75, 3.05) is 6.54 Å². The van der Waals surface area contributed by atoms with Gasteiger partial charge in [-0.25, -0.2) is 0 Å². The van der Waals surface area contributed by atoms with Crippen LogP contribution in [-0.4, -0.2) is 27.0 Å². The van der Waals surface area contributed by atoms with Gasteiger partial charge in [-0.15, -0.1) is 0 Å². The van der Waals surface area contributed by atoms with Crippen LogP contribution in [0.15, 0.2) is 29.1 Å². The lowest BCUT2D eigenvalue weighted by molar-refractivity contribution is 0.0681. The van der Waals surface area contributed by atoms with E-state index < -0.39 is 11.2 Å². The first-order chi connectivity index (χ1) is 10.9. The first-order valence-corrected chi connectivity index (χ1v) is 7.80. The highest BCUT2D eigenvalue weighted by Crippen LogP contribution is 2.25. The largest absolute Gasteiger partial charge is 0.503 e. The Morgan fingerprint density at radius 3 is 2.57 bits per heavy atom. The minimum Gasteiger partial charge on any atom is -0.503 e. The molecule has 2 aromatic rings. The second-order valence-corrected chi connectivity index (χ2v) is 6.29. The van der Waals surface area contributed by atoms with Gasteiger partial charge in [0, 0.05) is 31.4 Å². The van der Waals surface area contributed by atoms with Crippen LogP contribution in [0.4, 0.5) is 0 Å². The monoisotopic (exact) mass is 352 g/mol. The Bertz CT molecular complexity index is 861. The van der Waals surface area contributed by atoms with Crippen molar-refractivity contribution in [2.45, 2.75) is 20.0 Å². The van der Waals surface area contributed by atoms with Gasteiger partial charge in [0.2, 0.25) is 5.43 Å². The van der Waals surface area contributed by atoms with Gasteiger partial charge in [-0.3, -0.25) is 9.59 Å². The van der Waals surface area contributed by atoms with E-state index in [1.165, 1.54) is 6.07 Å². The molecule has 1 aromatic heterocycles. The molecule has 3 rings (SSSR count). The molecule has 0 unspecified atom stereocenters. The molecule has 23 heavy (non-hydrogen) atoms. The first kappa shape index (κ1) is 15.9. The summed E-state index contributed by atoms with van der Waals surface area (Å²) in [6.07, 6.45) is 0. The van der Waals surface area contributed by atoms with Crippen LogP contribution in [-0.2, 0) is 13.1 Å². The van der Waals surface area contributed by atoms with E-state index in [1.54, 1.807) is 34.6 Å². The van der Waals surface area contributed by atoms with Crippen LogP contribution in [0.25, 0.3) is 0 Å². The van der Waals surface area contributed by atoms with E-state index in [4.69, 9.17) is 23.2 Å². The molecule has 5 nitrogen and oxygen atoms in total. The zero-order valence-corrected chi connectivity index (χ0v) is 13.9. The summed E-state index contributed by atoms with van der Waals surface area (Å²) in [6, 6.07) is 6.50. The molecule has 0 aliphatic carbocycles. The van der Waals surface area contributed by atoms with Crippen LogP contribution in [0, 0.1) is 6.92 Å². The molecular formula is C16H14Cl2N2O3. The number of rotatable bonds is 2. The maximum Gasteiger partial charge on any atom is 0.274 e. The number of aryl methyl sites for hydroxylation is 1. The topological polar surface area (TPSA) is 62.5 Å². The number of aromatic hydroxyl groups is 1. The maximum atomic E-state index is 12.6. The summed E-state index contributed by atoms with van der Waals surface area (Å²) in [7, 11) is 0. The summed E-state index contributed by atoms with van der Waals surface area (Å²) < 4.78 is 1.67. The fourth-order valence-electron chi connectivity index (χ4n) is 2.74. The third kappa shape index (κ3) is 2.82. The van der Waals surface area contributed by atoms with Crippen molar-refractivity contribution in [1.29, 1.82) is 0 Å². The van der Waals surface area contributed by atoms with E-state index in [0.717, 1.165) is 5.56 Å². The predicted octanol–water partition coefficient (Wildman–Crippen LogP) is 2.83. The van der Waals surface area contributed by atoms with Gasteiger partial charge >= 0.3 is 0 Å². The first-order valence-electron chi connectivity index (χ1n) is 7.05. The number of carbonyl (C=O) groups is 1. The average molecular weight is 353 g/mol. The standard InChI is InChI=1S/C16H14Cl2N2O3/c1-9-6-13(21)15(22)14-16(23)19(4-5-20(9)14)8-10-2-3-11(17)12(18)7-10/h2-3,6-7,22H,4-5,8H2,1H3. The van der Waals surface area contributed by atoms with Crippen LogP contribution in [0.1, 0.15) is 21.7 Å². The molecule has 7 heteroatoms. The van der Waals surface area contributed by atoms with Crippen molar-refractivity contribution in [2.24, 2.45) is 0 Å². The number of hydrogen-bond acceptors (Lipinski definition) is 3. The summed E-state index contributed by atoms with van der Waals surface area (Å²) in [5.41, 5.74) is 0.987. The number of amides is 1. The van der Waals surface area contributed by atoms with Crippen molar-refractivity contribution in [3.05, 3.63) is 61.5 Å². The second-order valence-electron chi connectivity index (χ2n) is 5.47. The molecule has 0 spiro atoms. The van der Waals surface area contributed by atoms with E-state index in [-0.39, 0.29) is 11.6 Å². The number of hydrogen-bond donors (Lipinski definition) is 1. The third-order valence-corrected chi connectivity index (χ3v) is 4.67. The molecule has 0 atom stereocenters. The lowest BCUT2D eigenvalue weighted by atomic mass is 10.1. The van der Waals surface area contributed by atoms with Crippen molar-refractivity contribution in [1.82, 2.24) is 9.47 Å². The molecule has 1 N–H and O–H groups in total. The number of carbonyl (C=O) groups excluding carboxylic acids is 1. The zero-order valence-electron chi connectivity index (χ0n) is 12.3. The summed E-state index contributed by atoms with van der Waals surface area (Å²) >= 11 is 11.9. The minimum atomic E-state index is -0.543. The molecule has 1 aliphatic heterocycles. The molecule has 120 valence electrons. The minimum absolute atomic E-state index is 0.0429. The van der Waals surface area contributed by atoms with Gasteiger partial charge in [-0.05, 0) is 24.6 Å². The van der Waals surface area contributed by atoms with Gasteiger partial charge < -0.3 is 14.6 Å². The SMILES string of the molecule is Cc1cc(=O)c(O)c2n1CCN(Cc1ccc(Cl)c(Cl)c1)C2=O. The molecule has 1 aromatic carbocycles. The van der Waals surface area contributed by atoms with Crippen LogP contribution >= 0.6 is 23.2 Å². The second kappa shape index (κ2) is 5.91. The number of benzene rings is 1. The van der Waals surface area contributed by atoms with Gasteiger partial charge in [-0.2, -0.15) is 0 Å². The summed E-state index contributed by atoms with van der Waals surface area (Å²) in [4.78, 5) is 26.0. The Kier molecular flexibility index (Phi) is 4.08. The lowest BCUT2D eigenvalue weighted by Crippen LogP contribution is -2.41. The molecule has 0 saturated heterocycles. The van der Waals surface area contributed by atoms with Crippen LogP contribution in [0.3, 0.4) is 0 Å². The van der Waals surface area contributed by atoms with Gasteiger partial charge in [0.25, 0.3) is 5.91 Å². The summed E-state index contributed by atoms with van der Waals surface area (Å²) in [5.74, 6) is -0.875. The van der Waals surface area contributed by atoms with E-state index in [0.29, 0.717) is 35.4 Å². The van der Waals surface area contributed by atoms with Gasteiger partial charge in [0.05, 0.1) is 10.0 Å². The zero-order chi connectivity index (χ0) is 16.7. The average Bonchev–Trinajstić information content (AvgIpc) is 2.50. The van der Waals surface area contributed by atoms with Crippen molar-refractivity contribution in [3.8, 4) is 5.75 Å². The molecule has 0 radical (unpaired) electrons. The number of halogens is 2. The van der Waals surface area contributed by atoms with Gasteiger partial charge in [-0.1, -0.05) is 29.3 Å². The molecule has 0 saturated carbocycles. The van der Waals surface area contributed by atoms with Gasteiger partial charge in [0.15, 0.2) is 11.4 Å². The molecule has 1 aliphatic rings. The predicted molar refractivity (Wildman–Crippen MR) is 88.3 cm³/mol. The molecular weight excluding hydrogens is 339 g/mol. The fourth-order valence-corrected chi connectivity index (χ4v) is 3.06. The van der Waals surface area contributed by atoms with E-state index >= 15 is 0 Å². The number of fused-ring (bicyclic) bond motifs is 1. The van der Waals surface area contributed by atoms with Crippen LogP contribution in [0.5, 0.6) is 5.75 Å². The van der Waals surface area contributed by atoms with Crippen molar-refractivity contribution >= 4 is 29.1 Å². The van der Waals surface area contributed by atoms with Crippen LogP contribution in [0.2, 0.25) is 10.0 Å². The molecule has 0 bridgehead atoms. The molecule has 2 heterocycles. The summed E-state index contributed by atoms with van der Waals surface area (Å²) in [5, 5.41) is 10.9. The van der Waals surface area contributed by atoms with E-state index in [1.807, 2.05) is 0 Å². The summed E-state index contributed by atoms with van der Waals surface area (Å²) in [6.45, 7) is 3.07. The molecule has 0 fully saturated rings. The van der Waals surface area contributed by atoms with E-state index in [9.17, 15) is 14.7 Å². The Labute approximate surface area is 142 Å². The maximum absolute atomic E-state index is 12.6. The normalized spacial score (nSPS) is 14.0. The Hall–Kier alpha value is -1.98. The quantitative estimate of drug-likeness (QED) is 0.903. The number of pyridine rings is 1. The smallest absolute Gasteiger partial charge is 0.274 e. The fraction of sp³-hybridized carbons (Fsp3) is 0.250. The number of nitrogens with zero attached hydrogens (tertiary/aromatic N) is 2. The Morgan fingerprint density at radius 2 is 1.87 bits per heavy atom. The van der Waals surface area contributed by atoms with Gasteiger partial charge in [0.1, 0.15) is 0 Å². The highest BCUT2D eigenvalue weighted by molar-refractivity contribution is 6.42. The van der Waals surface area contributed by atoms with Crippen molar-refractivity contribution in [3.63, 3.8) is 0 Å². The Balaban J connectivity index is 1.95. The van der Waals surface area contributed by atoms with Crippen LogP contribution < -0.4 is 5.43 Å². The lowest BCUT2D eigenvalue weighted by Gasteiger charge is -2.31. The Morgan fingerprint density at radius 1 is 1.13 bits per heavy atom. The number of aromatic nitrogens is 1. The van der Waals surface area contributed by atoms with Crippen molar-refractivity contribution < 1.29 is 9.90 Å². The highest BCUT2D eigenvalue weighted by Gasteiger charge is 2.29. The third-order valence-electron chi connectivity index (χ3n) is 3.93.